The van der Waals surface area contributed by atoms with Crippen LogP contribution >= 0.6 is 0 Å². The molecule has 1 amide bonds. The fourth-order valence-electron chi connectivity index (χ4n) is 3.76. The number of benzene rings is 2. The van der Waals surface area contributed by atoms with Crippen LogP contribution in [0.25, 0.3) is 0 Å². The molecule has 0 unspecified atom stereocenters. The van der Waals surface area contributed by atoms with Crippen molar-refractivity contribution in [3.63, 3.8) is 0 Å². The summed E-state index contributed by atoms with van der Waals surface area (Å²) in [4.78, 5) is 15.1. The van der Waals surface area contributed by atoms with Gasteiger partial charge in [0.15, 0.2) is 12.6 Å². The summed E-state index contributed by atoms with van der Waals surface area (Å²) in [6.45, 7) is 0.734. The zero-order valence-electron chi connectivity index (χ0n) is 17.8. The van der Waals surface area contributed by atoms with Crippen LogP contribution in [0.15, 0.2) is 53.5 Å². The van der Waals surface area contributed by atoms with Gasteiger partial charge in [0.25, 0.3) is 5.91 Å². The number of ether oxygens (including phenoxy) is 1. The van der Waals surface area contributed by atoms with E-state index in [9.17, 15) is 18.0 Å². The number of primary amides is 1. The molecule has 2 aromatic rings. The summed E-state index contributed by atoms with van der Waals surface area (Å²) >= 11 is 0. The fraction of sp³-hybridized carbons (Fsp3) is 0.391. The number of alkyl halides is 3. The van der Waals surface area contributed by atoms with Crippen molar-refractivity contribution in [3.05, 3.63) is 65.2 Å². The lowest BCUT2D eigenvalue weighted by atomic mass is 9.64. The van der Waals surface area contributed by atoms with Crippen LogP contribution in [0.2, 0.25) is 0 Å². The Balaban J connectivity index is 1.60. The van der Waals surface area contributed by atoms with Gasteiger partial charge in [-0.2, -0.15) is 13.2 Å². The monoisotopic (exact) mass is 448 g/mol. The van der Waals surface area contributed by atoms with E-state index in [1.165, 1.54) is 12.1 Å². The predicted octanol–water partition coefficient (Wildman–Crippen LogP) is 3.36. The van der Waals surface area contributed by atoms with E-state index in [-0.39, 0.29) is 12.0 Å². The van der Waals surface area contributed by atoms with Crippen molar-refractivity contribution in [1.82, 2.24) is 10.6 Å². The number of rotatable bonds is 8. The molecule has 0 atom stereocenters. The highest BCUT2D eigenvalue weighted by Crippen LogP contribution is 2.44. The molecule has 172 valence electrons. The van der Waals surface area contributed by atoms with Gasteiger partial charge in [-0.25, -0.2) is 0 Å². The molecule has 32 heavy (non-hydrogen) atoms. The Labute approximate surface area is 185 Å². The minimum atomic E-state index is -4.36. The summed E-state index contributed by atoms with van der Waals surface area (Å²) < 4.78 is 44.8. The Bertz CT molecular complexity index is 972. The third-order valence-corrected chi connectivity index (χ3v) is 5.67. The number of aliphatic imine (C=N–C) groups is 1. The maximum absolute atomic E-state index is 13.1. The van der Waals surface area contributed by atoms with Gasteiger partial charge in [-0.3, -0.25) is 9.79 Å². The third-order valence-electron chi connectivity index (χ3n) is 5.67. The molecule has 0 aliphatic heterocycles. The maximum atomic E-state index is 13.1. The number of carbonyl (C=O) groups is 1. The standard InChI is InChI=1S/C23H27F3N4O2/c1-28-21(29-13-16-5-2-8-19(11-16)32-14-20(27)31)30-15-22(9-4-10-22)17-6-3-7-18(12-17)23(24,25)26/h2-3,5-8,11-12H,4,9-10,13-15H2,1H3,(H2,27,31)(H2,28,29,30). The van der Waals surface area contributed by atoms with Crippen molar-refractivity contribution in [2.75, 3.05) is 20.2 Å². The molecule has 1 aliphatic carbocycles. The molecule has 0 bridgehead atoms. The lowest BCUT2D eigenvalue weighted by molar-refractivity contribution is -0.137. The zero-order chi connectivity index (χ0) is 23.2. The molecule has 0 radical (unpaired) electrons. The molecule has 0 spiro atoms. The van der Waals surface area contributed by atoms with E-state index in [4.69, 9.17) is 10.5 Å². The van der Waals surface area contributed by atoms with Gasteiger partial charge in [-0.05, 0) is 42.2 Å². The molecule has 2 aromatic carbocycles. The molecule has 4 N–H and O–H groups in total. The minimum absolute atomic E-state index is 0.197. The Morgan fingerprint density at radius 3 is 2.53 bits per heavy atom. The third kappa shape index (κ3) is 5.93. The van der Waals surface area contributed by atoms with Gasteiger partial charge in [0.05, 0.1) is 5.56 Å². The van der Waals surface area contributed by atoms with E-state index in [0.29, 0.717) is 30.4 Å². The van der Waals surface area contributed by atoms with Crippen LogP contribution in [0.4, 0.5) is 13.2 Å². The van der Waals surface area contributed by atoms with Gasteiger partial charge in [-0.1, -0.05) is 36.8 Å². The van der Waals surface area contributed by atoms with Gasteiger partial charge >= 0.3 is 6.18 Å². The van der Waals surface area contributed by atoms with Gasteiger partial charge in [0, 0.05) is 25.6 Å². The van der Waals surface area contributed by atoms with Crippen LogP contribution in [0, 0.1) is 0 Å². The Morgan fingerprint density at radius 1 is 1.16 bits per heavy atom. The van der Waals surface area contributed by atoms with E-state index in [2.05, 4.69) is 15.6 Å². The van der Waals surface area contributed by atoms with E-state index in [1.54, 1.807) is 31.3 Å². The van der Waals surface area contributed by atoms with Crippen LogP contribution in [0.3, 0.4) is 0 Å². The number of guanidine groups is 1. The predicted molar refractivity (Wildman–Crippen MR) is 116 cm³/mol. The number of amides is 1. The molecule has 0 saturated heterocycles. The van der Waals surface area contributed by atoms with Crippen molar-refractivity contribution in [3.8, 4) is 5.75 Å². The fourth-order valence-corrected chi connectivity index (χ4v) is 3.76. The van der Waals surface area contributed by atoms with Crippen LogP contribution in [0.1, 0.15) is 36.0 Å². The first kappa shape index (κ1) is 23.4. The highest BCUT2D eigenvalue weighted by Gasteiger charge is 2.40. The van der Waals surface area contributed by atoms with E-state index >= 15 is 0 Å². The smallest absolute Gasteiger partial charge is 0.416 e. The van der Waals surface area contributed by atoms with Crippen molar-refractivity contribution >= 4 is 11.9 Å². The number of halogens is 3. The summed E-state index contributed by atoms with van der Waals surface area (Å²) in [5.74, 6) is 0.527. The molecule has 1 fully saturated rings. The second-order valence-corrected chi connectivity index (χ2v) is 7.89. The van der Waals surface area contributed by atoms with Gasteiger partial charge in [0.1, 0.15) is 5.75 Å². The van der Waals surface area contributed by atoms with Crippen molar-refractivity contribution in [2.24, 2.45) is 10.7 Å². The number of nitrogens with zero attached hydrogens (tertiary/aromatic N) is 1. The van der Waals surface area contributed by atoms with Gasteiger partial charge < -0.3 is 21.1 Å². The topological polar surface area (TPSA) is 88.7 Å². The highest BCUT2D eigenvalue weighted by molar-refractivity contribution is 5.79. The molecule has 1 aliphatic rings. The molecule has 1 saturated carbocycles. The molecular weight excluding hydrogens is 421 g/mol. The van der Waals surface area contributed by atoms with Crippen LogP contribution < -0.4 is 21.1 Å². The molecule has 3 rings (SSSR count). The second kappa shape index (κ2) is 9.93. The maximum Gasteiger partial charge on any atom is 0.416 e. The SMILES string of the molecule is CN=C(NCc1cccc(OCC(N)=O)c1)NCC1(c2cccc(C(F)(F)F)c2)CCC1. The normalized spacial score (nSPS) is 15.6. The summed E-state index contributed by atoms with van der Waals surface area (Å²) in [5, 5.41) is 6.46. The summed E-state index contributed by atoms with van der Waals surface area (Å²) in [6, 6.07) is 12.8. The minimum Gasteiger partial charge on any atom is -0.484 e. The molecular formula is C23H27F3N4O2. The van der Waals surface area contributed by atoms with Crippen molar-refractivity contribution in [2.45, 2.75) is 37.4 Å². The van der Waals surface area contributed by atoms with Crippen molar-refractivity contribution < 1.29 is 22.7 Å². The summed E-state index contributed by atoms with van der Waals surface area (Å²) in [6.07, 6.45) is -1.75. The van der Waals surface area contributed by atoms with Gasteiger partial charge in [-0.15, -0.1) is 0 Å². The Morgan fingerprint density at radius 2 is 1.91 bits per heavy atom. The number of hydrogen-bond acceptors (Lipinski definition) is 3. The molecule has 0 aromatic heterocycles. The Hall–Kier alpha value is -3.23. The highest BCUT2D eigenvalue weighted by atomic mass is 19.4. The second-order valence-electron chi connectivity index (χ2n) is 7.89. The van der Waals surface area contributed by atoms with E-state index < -0.39 is 17.6 Å². The average molecular weight is 448 g/mol. The van der Waals surface area contributed by atoms with Crippen LogP contribution in [0.5, 0.6) is 5.75 Å². The summed E-state index contributed by atoms with van der Waals surface area (Å²) in [7, 11) is 1.64. The molecule has 9 heteroatoms. The lowest BCUT2D eigenvalue weighted by Gasteiger charge is -2.43. The zero-order valence-corrected chi connectivity index (χ0v) is 17.8. The Kier molecular flexibility index (Phi) is 7.27. The molecule has 0 heterocycles. The summed E-state index contributed by atoms with van der Waals surface area (Å²) in [5.41, 5.74) is 5.73. The number of hydrogen-bond donors (Lipinski definition) is 3. The van der Waals surface area contributed by atoms with Gasteiger partial charge in [0.2, 0.25) is 0 Å². The quantitative estimate of drug-likeness (QED) is 0.427. The first-order chi connectivity index (χ1) is 15.2. The van der Waals surface area contributed by atoms with E-state index in [0.717, 1.165) is 30.9 Å². The number of nitrogens with two attached hydrogens (primary N) is 1. The number of nitrogens with one attached hydrogen (secondary N) is 2. The largest absolute Gasteiger partial charge is 0.484 e. The van der Waals surface area contributed by atoms with Crippen LogP contribution in [-0.4, -0.2) is 32.1 Å². The van der Waals surface area contributed by atoms with E-state index in [1.807, 2.05) is 6.07 Å². The van der Waals surface area contributed by atoms with Crippen LogP contribution in [-0.2, 0) is 22.9 Å². The van der Waals surface area contributed by atoms with Crippen molar-refractivity contribution in [1.29, 1.82) is 0 Å². The number of carbonyl (C=O) groups excluding carboxylic acids is 1. The first-order valence-corrected chi connectivity index (χ1v) is 10.3. The lowest BCUT2D eigenvalue weighted by Crippen LogP contribution is -2.48. The average Bonchev–Trinajstić information content (AvgIpc) is 2.73. The first-order valence-electron chi connectivity index (χ1n) is 10.3. The molecule has 6 nitrogen and oxygen atoms in total.